The summed E-state index contributed by atoms with van der Waals surface area (Å²) < 4.78 is 15.7. The molecule has 22 heavy (non-hydrogen) atoms. The van der Waals surface area contributed by atoms with Gasteiger partial charge in [0, 0.05) is 4.88 Å². The van der Waals surface area contributed by atoms with Crippen LogP contribution in [0.2, 0.25) is 0 Å². The normalized spacial score (nSPS) is 10.8. The lowest BCUT2D eigenvalue weighted by Gasteiger charge is -1.98. The summed E-state index contributed by atoms with van der Waals surface area (Å²) in [6.07, 6.45) is 2.41. The number of hydrogen-bond acceptors (Lipinski definition) is 7. The van der Waals surface area contributed by atoms with Crippen LogP contribution in [0.15, 0.2) is 33.3 Å². The number of hydrogen-bond donors (Lipinski definition) is 0. The Kier molecular flexibility index (Phi) is 4.06. The predicted molar refractivity (Wildman–Crippen MR) is 79.6 cm³/mol. The van der Waals surface area contributed by atoms with Crippen molar-refractivity contribution in [2.45, 2.75) is 26.9 Å². The molecule has 0 aromatic carbocycles. The molecule has 0 saturated heterocycles. The van der Waals surface area contributed by atoms with Gasteiger partial charge in [-0.3, -0.25) is 0 Å². The number of carbonyl (C=O) groups is 1. The second kappa shape index (κ2) is 6.15. The van der Waals surface area contributed by atoms with Gasteiger partial charge in [-0.25, -0.2) is 4.79 Å². The van der Waals surface area contributed by atoms with Crippen molar-refractivity contribution in [1.82, 2.24) is 10.2 Å². The van der Waals surface area contributed by atoms with Crippen molar-refractivity contribution in [2.75, 3.05) is 0 Å². The maximum atomic E-state index is 12.0. The summed E-state index contributed by atoms with van der Waals surface area (Å²) in [5, 5.41) is 7.67. The van der Waals surface area contributed by atoms with Crippen molar-refractivity contribution >= 4 is 17.3 Å². The molecule has 0 aliphatic heterocycles. The molecule has 0 unspecified atom stereocenters. The molecule has 6 nitrogen and oxygen atoms in total. The van der Waals surface area contributed by atoms with Crippen LogP contribution in [-0.2, 0) is 17.8 Å². The zero-order valence-electron chi connectivity index (χ0n) is 12.2. The molecule has 0 N–H and O–H groups in total. The molecule has 0 saturated carbocycles. The highest BCUT2D eigenvalue weighted by atomic mass is 32.1. The van der Waals surface area contributed by atoms with Gasteiger partial charge in [0.25, 0.3) is 11.8 Å². The standard InChI is InChI=1S/C15H14N2O4S/c1-3-10-7-12(22-9(10)2)15(18)20-8-13-16-17-14(21-13)11-5-4-6-19-11/h4-7H,3,8H2,1-2H3. The molecule has 3 aromatic heterocycles. The zero-order valence-corrected chi connectivity index (χ0v) is 13.0. The first kappa shape index (κ1) is 14.5. The second-order valence-electron chi connectivity index (χ2n) is 4.60. The number of furan rings is 1. The number of esters is 1. The fourth-order valence-corrected chi connectivity index (χ4v) is 2.99. The summed E-state index contributed by atoms with van der Waals surface area (Å²) in [5.41, 5.74) is 1.16. The van der Waals surface area contributed by atoms with E-state index in [2.05, 4.69) is 17.1 Å². The van der Waals surface area contributed by atoms with E-state index in [4.69, 9.17) is 13.6 Å². The van der Waals surface area contributed by atoms with E-state index in [0.29, 0.717) is 10.6 Å². The number of aromatic nitrogens is 2. The summed E-state index contributed by atoms with van der Waals surface area (Å²) in [5.74, 6) is 0.581. The molecule has 7 heteroatoms. The van der Waals surface area contributed by atoms with Gasteiger partial charge in [0.1, 0.15) is 4.88 Å². The largest absolute Gasteiger partial charge is 0.459 e. The number of ether oxygens (including phenoxy) is 1. The van der Waals surface area contributed by atoms with Gasteiger partial charge >= 0.3 is 5.97 Å². The Labute approximate surface area is 130 Å². The molecular formula is C15H14N2O4S. The molecule has 0 amide bonds. The van der Waals surface area contributed by atoms with Gasteiger partial charge in [-0.05, 0) is 37.1 Å². The maximum absolute atomic E-state index is 12.0. The van der Waals surface area contributed by atoms with Crippen molar-refractivity contribution in [2.24, 2.45) is 0 Å². The Morgan fingerprint density at radius 2 is 2.27 bits per heavy atom. The molecule has 3 heterocycles. The van der Waals surface area contributed by atoms with Crippen LogP contribution in [-0.4, -0.2) is 16.2 Å². The monoisotopic (exact) mass is 318 g/mol. The third-order valence-electron chi connectivity index (χ3n) is 3.13. The van der Waals surface area contributed by atoms with Gasteiger partial charge < -0.3 is 13.6 Å². The highest BCUT2D eigenvalue weighted by Crippen LogP contribution is 2.23. The van der Waals surface area contributed by atoms with Crippen molar-refractivity contribution < 1.29 is 18.4 Å². The molecule has 0 spiro atoms. The summed E-state index contributed by atoms with van der Waals surface area (Å²) >= 11 is 1.43. The van der Waals surface area contributed by atoms with E-state index in [9.17, 15) is 4.79 Å². The van der Waals surface area contributed by atoms with Crippen LogP contribution in [0, 0.1) is 6.92 Å². The van der Waals surface area contributed by atoms with Crippen LogP contribution in [0.25, 0.3) is 11.7 Å². The van der Waals surface area contributed by atoms with Crippen LogP contribution in [0.1, 0.15) is 32.9 Å². The quantitative estimate of drug-likeness (QED) is 0.669. The summed E-state index contributed by atoms with van der Waals surface area (Å²) in [4.78, 5) is 13.7. The lowest BCUT2D eigenvalue weighted by molar-refractivity contribution is 0.0444. The third-order valence-corrected chi connectivity index (χ3v) is 4.20. The first-order chi connectivity index (χ1) is 10.7. The predicted octanol–water partition coefficient (Wildman–Crippen LogP) is 3.62. The zero-order chi connectivity index (χ0) is 15.5. The Bertz CT molecular complexity index is 773. The van der Waals surface area contributed by atoms with Gasteiger partial charge in [-0.15, -0.1) is 21.5 Å². The number of carbonyl (C=O) groups excluding carboxylic acids is 1. The minimum atomic E-state index is -0.384. The van der Waals surface area contributed by atoms with E-state index in [1.54, 1.807) is 12.1 Å². The molecule has 0 radical (unpaired) electrons. The van der Waals surface area contributed by atoms with Gasteiger partial charge in [0.15, 0.2) is 12.4 Å². The number of thiophene rings is 1. The lowest BCUT2D eigenvalue weighted by Crippen LogP contribution is -2.03. The number of nitrogens with zero attached hydrogens (tertiary/aromatic N) is 2. The summed E-state index contributed by atoms with van der Waals surface area (Å²) in [7, 11) is 0. The van der Waals surface area contributed by atoms with E-state index in [1.807, 2.05) is 13.0 Å². The molecule has 0 bridgehead atoms. The van der Waals surface area contributed by atoms with Crippen molar-refractivity contribution in [3.63, 3.8) is 0 Å². The van der Waals surface area contributed by atoms with E-state index < -0.39 is 0 Å². The third kappa shape index (κ3) is 2.94. The minimum Gasteiger partial charge on any atom is -0.459 e. The van der Waals surface area contributed by atoms with E-state index in [0.717, 1.165) is 16.9 Å². The molecule has 0 atom stereocenters. The maximum Gasteiger partial charge on any atom is 0.348 e. The van der Waals surface area contributed by atoms with E-state index in [-0.39, 0.29) is 24.4 Å². The molecule has 3 rings (SSSR count). The van der Waals surface area contributed by atoms with Gasteiger partial charge in [-0.1, -0.05) is 6.92 Å². The van der Waals surface area contributed by atoms with Gasteiger partial charge in [0.05, 0.1) is 6.26 Å². The SMILES string of the molecule is CCc1cc(C(=O)OCc2nnc(-c3ccco3)o2)sc1C. The Balaban J connectivity index is 1.63. The Morgan fingerprint density at radius 1 is 1.41 bits per heavy atom. The van der Waals surface area contributed by atoms with Crippen LogP contribution in [0.5, 0.6) is 0 Å². The molecular weight excluding hydrogens is 304 g/mol. The first-order valence-corrected chi connectivity index (χ1v) is 7.61. The average molecular weight is 318 g/mol. The Hall–Kier alpha value is -2.41. The van der Waals surface area contributed by atoms with E-state index in [1.165, 1.54) is 17.6 Å². The topological polar surface area (TPSA) is 78.4 Å². The van der Waals surface area contributed by atoms with E-state index >= 15 is 0 Å². The first-order valence-electron chi connectivity index (χ1n) is 6.80. The number of aryl methyl sites for hydroxylation is 2. The molecule has 3 aromatic rings. The summed E-state index contributed by atoms with van der Waals surface area (Å²) in [6, 6.07) is 5.30. The van der Waals surface area contributed by atoms with Crippen molar-refractivity contribution in [1.29, 1.82) is 0 Å². The highest BCUT2D eigenvalue weighted by molar-refractivity contribution is 7.14. The molecule has 0 fully saturated rings. The smallest absolute Gasteiger partial charge is 0.348 e. The molecule has 0 aliphatic rings. The number of rotatable bonds is 5. The van der Waals surface area contributed by atoms with Crippen molar-refractivity contribution in [3.05, 3.63) is 45.7 Å². The van der Waals surface area contributed by atoms with Crippen molar-refractivity contribution in [3.8, 4) is 11.7 Å². The molecule has 0 aliphatic carbocycles. The van der Waals surface area contributed by atoms with Crippen LogP contribution in [0.3, 0.4) is 0 Å². The highest BCUT2D eigenvalue weighted by Gasteiger charge is 2.16. The van der Waals surface area contributed by atoms with Gasteiger partial charge in [0.2, 0.25) is 0 Å². The molecule has 114 valence electrons. The minimum absolute atomic E-state index is 0.0645. The van der Waals surface area contributed by atoms with Crippen LogP contribution < -0.4 is 0 Å². The Morgan fingerprint density at radius 3 is 2.95 bits per heavy atom. The summed E-state index contributed by atoms with van der Waals surface area (Å²) in [6.45, 7) is 3.98. The van der Waals surface area contributed by atoms with Crippen LogP contribution >= 0.6 is 11.3 Å². The lowest BCUT2D eigenvalue weighted by atomic mass is 10.2. The second-order valence-corrected chi connectivity index (χ2v) is 5.86. The fraction of sp³-hybridized carbons (Fsp3) is 0.267. The average Bonchev–Trinajstić information content (AvgIpc) is 3.24. The fourth-order valence-electron chi connectivity index (χ4n) is 1.98. The van der Waals surface area contributed by atoms with Crippen LogP contribution in [0.4, 0.5) is 0 Å². The van der Waals surface area contributed by atoms with Gasteiger partial charge in [-0.2, -0.15) is 0 Å².